The molecule has 1 aliphatic heterocycles. The van der Waals surface area contributed by atoms with Gasteiger partial charge < -0.3 is 10.1 Å². The first-order valence-electron chi connectivity index (χ1n) is 6.59. The van der Waals surface area contributed by atoms with Crippen molar-refractivity contribution in [3.8, 4) is 0 Å². The summed E-state index contributed by atoms with van der Waals surface area (Å²) in [6.07, 6.45) is 5.56. The third kappa shape index (κ3) is 2.97. The van der Waals surface area contributed by atoms with Gasteiger partial charge in [-0.3, -0.25) is 4.79 Å². The fraction of sp³-hybridized carbons (Fsp3) is 0.923. The Labute approximate surface area is 97.9 Å². The summed E-state index contributed by atoms with van der Waals surface area (Å²) in [6.45, 7) is 5.46. The maximum absolute atomic E-state index is 11.8. The summed E-state index contributed by atoms with van der Waals surface area (Å²) in [7, 11) is 0. The van der Waals surface area contributed by atoms with Crippen LogP contribution in [-0.2, 0) is 9.53 Å². The summed E-state index contributed by atoms with van der Waals surface area (Å²) in [4.78, 5) is 11.8. The molecule has 2 aliphatic rings. The van der Waals surface area contributed by atoms with Crippen molar-refractivity contribution in [2.75, 3.05) is 6.54 Å². The molecular weight excluding hydrogens is 202 g/mol. The monoisotopic (exact) mass is 225 g/mol. The number of hydrogen-bond acceptors (Lipinski definition) is 3. The predicted molar refractivity (Wildman–Crippen MR) is 63.1 cm³/mol. The van der Waals surface area contributed by atoms with Crippen LogP contribution in [0, 0.1) is 11.8 Å². The van der Waals surface area contributed by atoms with E-state index in [0.717, 1.165) is 32.2 Å². The molecule has 0 aromatic heterocycles. The number of hydrogen-bond donors (Lipinski definition) is 1. The lowest BCUT2D eigenvalue weighted by molar-refractivity contribution is -0.154. The lowest BCUT2D eigenvalue weighted by Crippen LogP contribution is -2.37. The Balaban J connectivity index is 1.81. The number of ether oxygens (including phenoxy) is 1. The van der Waals surface area contributed by atoms with E-state index < -0.39 is 0 Å². The van der Waals surface area contributed by atoms with E-state index in [1.165, 1.54) is 6.42 Å². The van der Waals surface area contributed by atoms with Crippen LogP contribution in [0.5, 0.6) is 0 Å². The van der Waals surface area contributed by atoms with Crippen LogP contribution in [0.25, 0.3) is 0 Å². The Morgan fingerprint density at radius 2 is 1.88 bits per heavy atom. The maximum Gasteiger partial charge on any atom is 0.323 e. The van der Waals surface area contributed by atoms with Gasteiger partial charge >= 0.3 is 5.97 Å². The van der Waals surface area contributed by atoms with Gasteiger partial charge in [-0.2, -0.15) is 0 Å². The lowest BCUT2D eigenvalue weighted by Gasteiger charge is -2.31. The summed E-state index contributed by atoms with van der Waals surface area (Å²) in [5.74, 6) is 1.36. The molecule has 2 fully saturated rings. The normalized spacial score (nSPS) is 39.6. The molecule has 1 N–H and O–H groups in total. The van der Waals surface area contributed by atoms with Gasteiger partial charge in [0.15, 0.2) is 0 Å². The summed E-state index contributed by atoms with van der Waals surface area (Å²) in [6, 6.07) is -0.0347. The fourth-order valence-corrected chi connectivity index (χ4v) is 3.10. The molecule has 3 heteroatoms. The zero-order valence-electron chi connectivity index (χ0n) is 10.4. The smallest absolute Gasteiger partial charge is 0.323 e. The van der Waals surface area contributed by atoms with Crippen LogP contribution in [0.4, 0.5) is 0 Å². The van der Waals surface area contributed by atoms with E-state index in [4.69, 9.17) is 4.74 Å². The Kier molecular flexibility index (Phi) is 3.85. The molecule has 0 spiro atoms. The lowest BCUT2D eigenvalue weighted by atomic mass is 9.82. The average Bonchev–Trinajstić information content (AvgIpc) is 2.68. The quantitative estimate of drug-likeness (QED) is 0.731. The Morgan fingerprint density at radius 3 is 2.44 bits per heavy atom. The zero-order valence-corrected chi connectivity index (χ0v) is 10.4. The molecular formula is C13H23NO2. The minimum absolute atomic E-state index is 0.0243. The molecule has 1 saturated heterocycles. The second kappa shape index (κ2) is 5.17. The van der Waals surface area contributed by atoms with Crippen LogP contribution in [0.1, 0.15) is 46.0 Å². The van der Waals surface area contributed by atoms with Crippen molar-refractivity contribution < 1.29 is 9.53 Å². The van der Waals surface area contributed by atoms with Crippen molar-refractivity contribution in [2.24, 2.45) is 11.8 Å². The first kappa shape index (κ1) is 11.9. The van der Waals surface area contributed by atoms with Gasteiger partial charge in [0, 0.05) is 0 Å². The molecule has 2 rings (SSSR count). The number of rotatable bonds is 2. The molecule has 3 atom stereocenters. The minimum atomic E-state index is -0.0347. The van der Waals surface area contributed by atoms with Gasteiger partial charge in [0.05, 0.1) is 0 Å². The number of carbonyl (C=O) groups is 1. The molecule has 1 saturated carbocycles. The van der Waals surface area contributed by atoms with Crippen molar-refractivity contribution in [2.45, 2.75) is 58.1 Å². The third-order valence-electron chi connectivity index (χ3n) is 3.76. The molecule has 0 amide bonds. The molecule has 1 aliphatic carbocycles. The van der Waals surface area contributed by atoms with E-state index in [1.54, 1.807) is 0 Å². The predicted octanol–water partition coefficient (Wildman–Crippen LogP) is 2.11. The highest BCUT2D eigenvalue weighted by atomic mass is 16.5. The largest absolute Gasteiger partial charge is 0.461 e. The zero-order chi connectivity index (χ0) is 11.5. The second-order valence-corrected chi connectivity index (χ2v) is 5.63. The molecule has 0 bridgehead atoms. The minimum Gasteiger partial charge on any atom is -0.461 e. The van der Waals surface area contributed by atoms with Crippen molar-refractivity contribution >= 4 is 5.97 Å². The molecule has 0 aromatic carbocycles. The molecule has 0 aromatic rings. The molecule has 3 nitrogen and oxygen atoms in total. The van der Waals surface area contributed by atoms with E-state index in [1.807, 2.05) is 0 Å². The standard InChI is InChI=1S/C13H23NO2/c1-9-6-10(2)8-11(7-9)16-13(15)12-4-3-5-14-12/h9-12,14H,3-8H2,1-2H3/t9?,10?,11?,12-/m0/s1. The van der Waals surface area contributed by atoms with Crippen LogP contribution in [0.2, 0.25) is 0 Å². The van der Waals surface area contributed by atoms with E-state index in [0.29, 0.717) is 11.8 Å². The fourth-order valence-electron chi connectivity index (χ4n) is 3.10. The Morgan fingerprint density at radius 1 is 1.19 bits per heavy atom. The molecule has 2 unspecified atom stereocenters. The van der Waals surface area contributed by atoms with Gasteiger partial charge in [-0.05, 0) is 50.5 Å². The highest BCUT2D eigenvalue weighted by Crippen LogP contribution is 2.30. The van der Waals surface area contributed by atoms with Crippen LogP contribution in [-0.4, -0.2) is 24.7 Å². The number of carbonyl (C=O) groups excluding carboxylic acids is 1. The van der Waals surface area contributed by atoms with Gasteiger partial charge in [-0.15, -0.1) is 0 Å². The number of nitrogens with one attached hydrogen (secondary N) is 1. The van der Waals surface area contributed by atoms with Crippen LogP contribution >= 0.6 is 0 Å². The van der Waals surface area contributed by atoms with Gasteiger partial charge in [0.25, 0.3) is 0 Å². The summed E-state index contributed by atoms with van der Waals surface area (Å²) in [5, 5.41) is 3.19. The topological polar surface area (TPSA) is 38.3 Å². The summed E-state index contributed by atoms with van der Waals surface area (Å²) < 4.78 is 5.61. The van der Waals surface area contributed by atoms with Crippen LogP contribution in [0.3, 0.4) is 0 Å². The first-order valence-corrected chi connectivity index (χ1v) is 6.59. The van der Waals surface area contributed by atoms with Gasteiger partial charge in [0.2, 0.25) is 0 Å². The van der Waals surface area contributed by atoms with Crippen molar-refractivity contribution in [1.82, 2.24) is 5.32 Å². The molecule has 16 heavy (non-hydrogen) atoms. The van der Waals surface area contributed by atoms with Gasteiger partial charge in [0.1, 0.15) is 12.1 Å². The molecule has 1 heterocycles. The summed E-state index contributed by atoms with van der Waals surface area (Å²) in [5.41, 5.74) is 0. The van der Waals surface area contributed by atoms with E-state index in [-0.39, 0.29) is 18.1 Å². The molecule has 0 radical (unpaired) electrons. The highest BCUT2D eigenvalue weighted by Gasteiger charge is 2.30. The van der Waals surface area contributed by atoms with Crippen LogP contribution in [0.15, 0.2) is 0 Å². The Bertz CT molecular complexity index is 238. The Hall–Kier alpha value is -0.570. The van der Waals surface area contributed by atoms with Crippen molar-refractivity contribution in [3.63, 3.8) is 0 Å². The SMILES string of the molecule is CC1CC(C)CC(OC(=O)[C@@H]2CCCN2)C1. The molecule has 92 valence electrons. The van der Waals surface area contributed by atoms with E-state index in [9.17, 15) is 4.79 Å². The van der Waals surface area contributed by atoms with Gasteiger partial charge in [-0.1, -0.05) is 13.8 Å². The average molecular weight is 225 g/mol. The summed E-state index contributed by atoms with van der Waals surface area (Å²) >= 11 is 0. The van der Waals surface area contributed by atoms with Crippen molar-refractivity contribution in [3.05, 3.63) is 0 Å². The first-order chi connectivity index (χ1) is 7.65. The van der Waals surface area contributed by atoms with E-state index >= 15 is 0 Å². The van der Waals surface area contributed by atoms with Crippen LogP contribution < -0.4 is 5.32 Å². The third-order valence-corrected chi connectivity index (χ3v) is 3.76. The van der Waals surface area contributed by atoms with Gasteiger partial charge in [-0.25, -0.2) is 0 Å². The van der Waals surface area contributed by atoms with Crippen molar-refractivity contribution in [1.29, 1.82) is 0 Å². The second-order valence-electron chi connectivity index (χ2n) is 5.63. The maximum atomic E-state index is 11.8. The number of esters is 1. The highest BCUT2D eigenvalue weighted by molar-refractivity contribution is 5.76. The van der Waals surface area contributed by atoms with E-state index in [2.05, 4.69) is 19.2 Å².